The van der Waals surface area contributed by atoms with Gasteiger partial charge in [0.05, 0.1) is 0 Å². The summed E-state index contributed by atoms with van der Waals surface area (Å²) in [5.74, 6) is 0. The number of hydrogen-bond donors (Lipinski definition) is 1. The summed E-state index contributed by atoms with van der Waals surface area (Å²) >= 11 is 6.96. The summed E-state index contributed by atoms with van der Waals surface area (Å²) in [6.45, 7) is 0.706. The Hall–Kier alpha value is -0.820. The summed E-state index contributed by atoms with van der Waals surface area (Å²) in [5, 5.41) is 0. The van der Waals surface area contributed by atoms with Gasteiger partial charge in [-0.25, -0.2) is 0 Å². The predicted molar refractivity (Wildman–Crippen MR) is 117 cm³/mol. The first-order chi connectivity index (χ1) is 13.7. The Bertz CT molecular complexity index is 1080. The summed E-state index contributed by atoms with van der Waals surface area (Å²) in [6.07, 6.45) is 1.03. The lowest BCUT2D eigenvalue weighted by Gasteiger charge is -2.31. The molecule has 4 rings (SSSR count). The van der Waals surface area contributed by atoms with Gasteiger partial charge in [0.15, 0.2) is 0 Å². The Kier molecular flexibility index (Phi) is 5.93. The van der Waals surface area contributed by atoms with Crippen molar-refractivity contribution in [2.45, 2.75) is 25.9 Å². The monoisotopic (exact) mass is 563 g/mol. The van der Waals surface area contributed by atoms with Crippen LogP contribution in [0.1, 0.15) is 22.3 Å². The molecule has 7 nitrogen and oxygen atoms in total. The van der Waals surface area contributed by atoms with Crippen molar-refractivity contribution in [3.63, 3.8) is 0 Å². The summed E-state index contributed by atoms with van der Waals surface area (Å²) < 4.78 is 57.5. The molecule has 156 valence electrons. The Morgan fingerprint density at radius 3 is 1.55 bits per heavy atom. The van der Waals surface area contributed by atoms with E-state index in [1.54, 1.807) is 0 Å². The Balaban J connectivity index is 1.52. The summed E-state index contributed by atoms with van der Waals surface area (Å²) in [7, 11) is -8.40. The molecule has 0 saturated carbocycles. The van der Waals surface area contributed by atoms with E-state index in [-0.39, 0.29) is 26.2 Å². The molecule has 2 aromatic rings. The van der Waals surface area contributed by atoms with Gasteiger partial charge in [0.2, 0.25) is 0 Å². The highest BCUT2D eigenvalue weighted by Gasteiger charge is 2.35. The largest absolute Gasteiger partial charge is 0.293 e. The van der Waals surface area contributed by atoms with E-state index in [2.05, 4.69) is 31.9 Å². The lowest BCUT2D eigenvalue weighted by Crippen LogP contribution is -2.51. The van der Waals surface area contributed by atoms with E-state index in [9.17, 15) is 16.8 Å². The van der Waals surface area contributed by atoms with Crippen LogP contribution in [0.5, 0.6) is 0 Å². The van der Waals surface area contributed by atoms with Crippen LogP contribution in [0.3, 0.4) is 0 Å². The lowest BCUT2D eigenvalue weighted by molar-refractivity contribution is 0.375. The third kappa shape index (κ3) is 4.32. The smallest absolute Gasteiger partial charge is 0.194 e. The summed E-state index contributed by atoms with van der Waals surface area (Å²) in [5.41, 5.74) is 3.84. The van der Waals surface area contributed by atoms with Crippen molar-refractivity contribution in [3.05, 3.63) is 67.6 Å². The van der Waals surface area contributed by atoms with Gasteiger partial charge in [-0.3, -0.25) is 0 Å². The second-order valence-electron chi connectivity index (χ2n) is 7.02. The van der Waals surface area contributed by atoms with Gasteiger partial charge in [-0.1, -0.05) is 60.3 Å². The number of nitrogens with one attached hydrogen (secondary N) is 1. The molecule has 0 amide bonds. The number of hydrogen-bond acceptors (Lipinski definition) is 4. The minimum Gasteiger partial charge on any atom is -0.194 e. The van der Waals surface area contributed by atoms with Crippen LogP contribution in [0.25, 0.3) is 0 Å². The second kappa shape index (κ2) is 8.03. The quantitative estimate of drug-likeness (QED) is 0.618. The molecule has 11 heteroatoms. The standard InChI is InChI=1S/C18H19Br2N3O4S2/c19-17-5-1-3-13-11-22(9-7-15(13)17)28(24,25)21-29(26,27)23-10-8-16-14(12-23)4-2-6-18(16)20/h1-6,21H,7-12H2. The Labute approximate surface area is 187 Å². The molecule has 2 aliphatic rings. The SMILES string of the molecule is O=S(=O)(NS(=O)(=O)N1CCc2c(Br)cccc2C1)N1CCc2c(Br)cccc2C1. The minimum absolute atomic E-state index is 0.134. The highest BCUT2D eigenvalue weighted by Crippen LogP contribution is 2.29. The average Bonchev–Trinajstić information content (AvgIpc) is 2.67. The molecule has 2 aliphatic heterocycles. The zero-order valence-electron chi connectivity index (χ0n) is 15.3. The van der Waals surface area contributed by atoms with Crippen LogP contribution in [-0.4, -0.2) is 38.5 Å². The van der Waals surface area contributed by atoms with Gasteiger partial charge in [0.25, 0.3) is 20.4 Å². The van der Waals surface area contributed by atoms with Crippen molar-refractivity contribution in [1.82, 2.24) is 12.7 Å². The van der Waals surface area contributed by atoms with Crippen molar-refractivity contribution in [2.24, 2.45) is 0 Å². The van der Waals surface area contributed by atoms with E-state index in [0.717, 1.165) is 31.2 Å². The first kappa shape index (κ1) is 21.4. The Morgan fingerprint density at radius 1 is 0.724 bits per heavy atom. The van der Waals surface area contributed by atoms with Crippen molar-refractivity contribution in [1.29, 1.82) is 0 Å². The van der Waals surface area contributed by atoms with Gasteiger partial charge in [0, 0.05) is 35.1 Å². The number of rotatable bonds is 4. The molecule has 0 aliphatic carbocycles. The van der Waals surface area contributed by atoms with Crippen LogP contribution in [0.2, 0.25) is 0 Å². The van der Waals surface area contributed by atoms with E-state index >= 15 is 0 Å². The number of benzene rings is 2. The maximum atomic E-state index is 12.8. The number of fused-ring (bicyclic) bond motifs is 2. The van der Waals surface area contributed by atoms with Crippen LogP contribution < -0.4 is 4.13 Å². The maximum Gasteiger partial charge on any atom is 0.293 e. The zero-order chi connectivity index (χ0) is 20.8. The molecule has 0 unspecified atom stereocenters. The highest BCUT2D eigenvalue weighted by molar-refractivity contribution is 9.10. The zero-order valence-corrected chi connectivity index (χ0v) is 20.1. The normalized spacial score (nSPS) is 18.3. The molecule has 0 spiro atoms. The summed E-state index contributed by atoms with van der Waals surface area (Å²) in [6, 6.07) is 11.2. The van der Waals surface area contributed by atoms with Gasteiger partial charge in [-0.05, 0) is 47.2 Å². The number of nitrogens with zero attached hydrogens (tertiary/aromatic N) is 2. The van der Waals surface area contributed by atoms with Crippen LogP contribution >= 0.6 is 31.9 Å². The maximum absolute atomic E-state index is 12.8. The third-order valence-corrected chi connectivity index (χ3v) is 10.4. The molecular formula is C18H19Br2N3O4S2. The van der Waals surface area contributed by atoms with Crippen LogP contribution in [0.4, 0.5) is 0 Å². The molecule has 0 saturated heterocycles. The lowest BCUT2D eigenvalue weighted by atomic mass is 10.0. The average molecular weight is 565 g/mol. The second-order valence-corrected chi connectivity index (χ2v) is 12.3. The van der Waals surface area contributed by atoms with E-state index in [1.807, 2.05) is 40.5 Å². The fraction of sp³-hybridized carbons (Fsp3) is 0.333. The van der Waals surface area contributed by atoms with Crippen molar-refractivity contribution < 1.29 is 16.8 Å². The molecule has 0 aromatic heterocycles. The fourth-order valence-corrected chi connectivity index (χ4v) is 8.12. The molecule has 0 radical (unpaired) electrons. The van der Waals surface area contributed by atoms with Crippen LogP contribution in [0, 0.1) is 0 Å². The van der Waals surface area contributed by atoms with Crippen LogP contribution in [-0.2, 0) is 46.3 Å². The molecule has 0 fully saturated rings. The van der Waals surface area contributed by atoms with Gasteiger partial charge >= 0.3 is 0 Å². The van der Waals surface area contributed by atoms with Crippen molar-refractivity contribution in [3.8, 4) is 0 Å². The van der Waals surface area contributed by atoms with E-state index in [4.69, 9.17) is 0 Å². The summed E-state index contributed by atoms with van der Waals surface area (Å²) in [4.78, 5) is 0. The predicted octanol–water partition coefficient (Wildman–Crippen LogP) is 2.71. The molecule has 0 atom stereocenters. The molecule has 2 heterocycles. The van der Waals surface area contributed by atoms with E-state index < -0.39 is 20.4 Å². The van der Waals surface area contributed by atoms with Gasteiger partial charge in [-0.2, -0.15) is 25.4 Å². The van der Waals surface area contributed by atoms with Crippen LogP contribution in [0.15, 0.2) is 45.3 Å². The van der Waals surface area contributed by atoms with Crippen molar-refractivity contribution >= 4 is 52.3 Å². The van der Waals surface area contributed by atoms with Gasteiger partial charge in [0.1, 0.15) is 0 Å². The molecule has 29 heavy (non-hydrogen) atoms. The molecular weight excluding hydrogens is 546 g/mol. The molecule has 2 aromatic carbocycles. The first-order valence-electron chi connectivity index (χ1n) is 8.99. The first-order valence-corrected chi connectivity index (χ1v) is 13.5. The Morgan fingerprint density at radius 2 is 1.14 bits per heavy atom. The van der Waals surface area contributed by atoms with Gasteiger partial charge in [-0.15, -0.1) is 0 Å². The molecule has 0 bridgehead atoms. The van der Waals surface area contributed by atoms with E-state index in [1.165, 1.54) is 8.61 Å². The topological polar surface area (TPSA) is 86.8 Å². The van der Waals surface area contributed by atoms with Gasteiger partial charge < -0.3 is 0 Å². The molecule has 1 N–H and O–H groups in total. The third-order valence-electron chi connectivity index (χ3n) is 5.24. The fourth-order valence-electron chi connectivity index (χ4n) is 3.72. The highest BCUT2D eigenvalue weighted by atomic mass is 79.9. The van der Waals surface area contributed by atoms with E-state index in [0.29, 0.717) is 12.8 Å². The minimum atomic E-state index is -4.20. The van der Waals surface area contributed by atoms with Crippen molar-refractivity contribution in [2.75, 3.05) is 13.1 Å². The number of halogens is 2.